The molecule has 0 N–H and O–H groups in total. The molecule has 2 rings (SSSR count). The second kappa shape index (κ2) is 6.36. The molecule has 2 fully saturated rings. The van der Waals surface area contributed by atoms with E-state index in [2.05, 4.69) is 4.90 Å². The van der Waals surface area contributed by atoms with Gasteiger partial charge in [-0.05, 0) is 32.9 Å². The van der Waals surface area contributed by atoms with Crippen LogP contribution in [0.15, 0.2) is 0 Å². The Morgan fingerprint density at radius 3 is 2.53 bits per heavy atom. The van der Waals surface area contributed by atoms with Gasteiger partial charge in [0, 0.05) is 13.1 Å². The lowest BCUT2D eigenvalue weighted by Crippen LogP contribution is -2.48. The lowest BCUT2D eigenvalue weighted by atomic mass is 10.2. The molecule has 2 heterocycles. The van der Waals surface area contributed by atoms with E-state index in [-0.39, 0.29) is 12.0 Å². The van der Waals surface area contributed by atoms with E-state index in [1.165, 1.54) is 25.7 Å². The van der Waals surface area contributed by atoms with Crippen LogP contribution in [0.3, 0.4) is 0 Å². The van der Waals surface area contributed by atoms with Crippen molar-refractivity contribution in [2.75, 3.05) is 39.3 Å². The fourth-order valence-corrected chi connectivity index (χ4v) is 2.63. The predicted octanol–water partition coefficient (Wildman–Crippen LogP) is 1.11. The van der Waals surface area contributed by atoms with Crippen molar-refractivity contribution in [1.82, 2.24) is 9.80 Å². The van der Waals surface area contributed by atoms with Gasteiger partial charge in [0.2, 0.25) is 5.91 Å². The number of ether oxygens (including phenoxy) is 1. The molecule has 0 aromatic heterocycles. The van der Waals surface area contributed by atoms with Crippen LogP contribution in [-0.2, 0) is 9.53 Å². The fourth-order valence-electron chi connectivity index (χ4n) is 2.63. The highest BCUT2D eigenvalue weighted by molar-refractivity contribution is 5.78. The molecule has 2 aliphatic rings. The van der Waals surface area contributed by atoms with Gasteiger partial charge in [-0.25, -0.2) is 0 Å². The number of hydrogen-bond acceptors (Lipinski definition) is 3. The Balaban J connectivity index is 1.78. The molecule has 1 unspecified atom stereocenters. The zero-order valence-corrected chi connectivity index (χ0v) is 10.9. The highest BCUT2D eigenvalue weighted by Gasteiger charge is 2.23. The van der Waals surface area contributed by atoms with Crippen LogP contribution in [0.25, 0.3) is 0 Å². The van der Waals surface area contributed by atoms with E-state index in [1.54, 1.807) is 0 Å². The zero-order chi connectivity index (χ0) is 12.1. The summed E-state index contributed by atoms with van der Waals surface area (Å²) in [7, 11) is 0. The Morgan fingerprint density at radius 2 is 1.88 bits per heavy atom. The van der Waals surface area contributed by atoms with Crippen molar-refractivity contribution < 1.29 is 9.53 Å². The first-order valence-electron chi connectivity index (χ1n) is 6.87. The average Bonchev–Trinajstić information content (AvgIpc) is 2.57. The summed E-state index contributed by atoms with van der Waals surface area (Å²) in [6.45, 7) is 7.02. The van der Waals surface area contributed by atoms with Crippen LogP contribution in [-0.4, -0.2) is 61.1 Å². The first kappa shape index (κ1) is 12.8. The maximum absolute atomic E-state index is 12.2. The predicted molar refractivity (Wildman–Crippen MR) is 66.9 cm³/mol. The molecule has 0 aromatic carbocycles. The molecule has 0 aromatic rings. The van der Waals surface area contributed by atoms with Crippen molar-refractivity contribution in [2.24, 2.45) is 0 Å². The summed E-state index contributed by atoms with van der Waals surface area (Å²) in [5.41, 5.74) is 0. The number of rotatable bonds is 2. The summed E-state index contributed by atoms with van der Waals surface area (Å²) in [4.78, 5) is 16.4. The van der Waals surface area contributed by atoms with Gasteiger partial charge in [-0.15, -0.1) is 0 Å². The topological polar surface area (TPSA) is 32.8 Å². The molecule has 17 heavy (non-hydrogen) atoms. The molecule has 0 bridgehead atoms. The highest BCUT2D eigenvalue weighted by atomic mass is 16.5. The van der Waals surface area contributed by atoms with Crippen molar-refractivity contribution in [3.8, 4) is 0 Å². The van der Waals surface area contributed by atoms with Gasteiger partial charge in [0.15, 0.2) is 0 Å². The summed E-state index contributed by atoms with van der Waals surface area (Å²) in [6.07, 6.45) is 5.31. The van der Waals surface area contributed by atoms with Gasteiger partial charge >= 0.3 is 0 Å². The van der Waals surface area contributed by atoms with Crippen LogP contribution < -0.4 is 0 Å². The molecule has 0 radical (unpaired) electrons. The quantitative estimate of drug-likeness (QED) is 0.725. The number of hydrogen-bond donors (Lipinski definition) is 0. The van der Waals surface area contributed by atoms with E-state index in [9.17, 15) is 4.79 Å². The van der Waals surface area contributed by atoms with Gasteiger partial charge < -0.3 is 9.64 Å². The normalized spacial score (nSPS) is 27.8. The summed E-state index contributed by atoms with van der Waals surface area (Å²) in [5.74, 6) is 0.280. The van der Waals surface area contributed by atoms with E-state index >= 15 is 0 Å². The van der Waals surface area contributed by atoms with Crippen LogP contribution in [0.4, 0.5) is 0 Å². The second-order valence-corrected chi connectivity index (χ2v) is 5.21. The molecule has 0 aliphatic carbocycles. The van der Waals surface area contributed by atoms with Crippen LogP contribution in [0.2, 0.25) is 0 Å². The number of morpholine rings is 1. The Hall–Kier alpha value is -0.610. The van der Waals surface area contributed by atoms with E-state index in [0.717, 1.165) is 26.2 Å². The van der Waals surface area contributed by atoms with Crippen molar-refractivity contribution in [2.45, 2.75) is 38.7 Å². The lowest BCUT2D eigenvalue weighted by molar-refractivity contribution is -0.139. The van der Waals surface area contributed by atoms with Crippen molar-refractivity contribution in [3.63, 3.8) is 0 Å². The van der Waals surface area contributed by atoms with E-state index in [0.29, 0.717) is 13.2 Å². The summed E-state index contributed by atoms with van der Waals surface area (Å²) < 4.78 is 5.46. The van der Waals surface area contributed by atoms with Crippen LogP contribution in [0, 0.1) is 0 Å². The summed E-state index contributed by atoms with van der Waals surface area (Å²) in [5, 5.41) is 0. The van der Waals surface area contributed by atoms with Gasteiger partial charge in [0.05, 0.1) is 19.3 Å². The minimum atomic E-state index is 0.192. The zero-order valence-electron chi connectivity index (χ0n) is 10.9. The number of likely N-dealkylation sites (tertiary alicyclic amines) is 1. The van der Waals surface area contributed by atoms with Gasteiger partial charge in [0.25, 0.3) is 0 Å². The molecular formula is C13H24N2O2. The minimum Gasteiger partial charge on any atom is -0.375 e. The number of amides is 1. The minimum absolute atomic E-state index is 0.192. The molecule has 2 aliphatic heterocycles. The Morgan fingerprint density at radius 1 is 1.18 bits per heavy atom. The van der Waals surface area contributed by atoms with E-state index in [1.807, 2.05) is 11.8 Å². The molecule has 98 valence electrons. The monoisotopic (exact) mass is 240 g/mol. The average molecular weight is 240 g/mol. The molecular weight excluding hydrogens is 216 g/mol. The first-order chi connectivity index (χ1) is 8.25. The van der Waals surface area contributed by atoms with Gasteiger partial charge in [-0.3, -0.25) is 9.69 Å². The Kier molecular flexibility index (Phi) is 4.80. The standard InChI is InChI=1S/C13H24N2O2/c1-12-10-15(8-9-17-12)13(16)11-14-6-4-2-3-5-7-14/h12H,2-11H2,1H3. The lowest BCUT2D eigenvalue weighted by Gasteiger charge is -2.32. The molecule has 1 amide bonds. The van der Waals surface area contributed by atoms with Gasteiger partial charge in [-0.2, -0.15) is 0 Å². The summed E-state index contributed by atoms with van der Waals surface area (Å²) in [6, 6.07) is 0. The molecule has 2 saturated heterocycles. The summed E-state index contributed by atoms with van der Waals surface area (Å²) >= 11 is 0. The third-order valence-electron chi connectivity index (χ3n) is 3.65. The van der Waals surface area contributed by atoms with Gasteiger partial charge in [-0.1, -0.05) is 12.8 Å². The second-order valence-electron chi connectivity index (χ2n) is 5.21. The van der Waals surface area contributed by atoms with Gasteiger partial charge in [0.1, 0.15) is 0 Å². The third kappa shape index (κ3) is 3.96. The first-order valence-corrected chi connectivity index (χ1v) is 6.87. The molecule has 4 nitrogen and oxygen atoms in total. The van der Waals surface area contributed by atoms with E-state index in [4.69, 9.17) is 4.74 Å². The molecule has 0 saturated carbocycles. The maximum atomic E-state index is 12.2. The maximum Gasteiger partial charge on any atom is 0.236 e. The largest absolute Gasteiger partial charge is 0.375 e. The number of nitrogens with zero attached hydrogens (tertiary/aromatic N) is 2. The molecule has 4 heteroatoms. The fraction of sp³-hybridized carbons (Fsp3) is 0.923. The SMILES string of the molecule is CC1CN(C(=O)CN2CCCCCC2)CCO1. The number of carbonyl (C=O) groups excluding carboxylic acids is 1. The van der Waals surface area contributed by atoms with Crippen LogP contribution in [0.1, 0.15) is 32.6 Å². The number of carbonyl (C=O) groups is 1. The van der Waals surface area contributed by atoms with Crippen LogP contribution in [0.5, 0.6) is 0 Å². The molecule has 1 atom stereocenters. The Labute approximate surface area is 104 Å². The molecule has 0 spiro atoms. The van der Waals surface area contributed by atoms with Crippen molar-refractivity contribution in [3.05, 3.63) is 0 Å². The highest BCUT2D eigenvalue weighted by Crippen LogP contribution is 2.11. The third-order valence-corrected chi connectivity index (χ3v) is 3.65. The van der Waals surface area contributed by atoms with E-state index < -0.39 is 0 Å². The smallest absolute Gasteiger partial charge is 0.236 e. The van der Waals surface area contributed by atoms with Crippen molar-refractivity contribution >= 4 is 5.91 Å². The Bertz CT molecular complexity index is 250. The van der Waals surface area contributed by atoms with Crippen LogP contribution >= 0.6 is 0 Å². The van der Waals surface area contributed by atoms with Crippen molar-refractivity contribution in [1.29, 1.82) is 0 Å².